The zero-order chi connectivity index (χ0) is 28.6. The Labute approximate surface area is 247 Å². The molecule has 5 heterocycles. The summed E-state index contributed by atoms with van der Waals surface area (Å²) in [4.78, 5) is 43.7. The number of aromatic nitrogens is 4. The molecule has 2 aliphatic rings. The average Bonchev–Trinajstić information content (AvgIpc) is 3.39. The predicted octanol–water partition coefficient (Wildman–Crippen LogP) is 5.85. The molecule has 1 N–H and O–H groups in total. The Balaban J connectivity index is 1.14. The molecule has 0 spiro atoms. The first kappa shape index (κ1) is 26.2. The molecule has 0 atom stereocenters. The van der Waals surface area contributed by atoms with Gasteiger partial charge in [0.05, 0.1) is 11.1 Å². The lowest BCUT2D eigenvalue weighted by molar-refractivity contribution is -0.133. The number of anilines is 1. The van der Waals surface area contributed by atoms with Gasteiger partial charge >= 0.3 is 6.03 Å². The number of amides is 3. The number of hydrogen-bond donors (Lipinski definition) is 1. The number of halogens is 1. The molecule has 3 aromatic heterocycles. The second kappa shape index (κ2) is 10.9. The van der Waals surface area contributed by atoms with Crippen molar-refractivity contribution in [2.45, 2.75) is 32.0 Å². The van der Waals surface area contributed by atoms with E-state index in [4.69, 9.17) is 11.6 Å². The molecule has 5 aromatic rings. The Kier molecular flexibility index (Phi) is 6.79. The molecular weight excluding hydrogens is 550 g/mol. The van der Waals surface area contributed by atoms with Crippen LogP contribution in [0.1, 0.15) is 18.4 Å². The Hall–Kier alpha value is -4.76. The van der Waals surface area contributed by atoms with Crippen molar-refractivity contribution < 1.29 is 9.59 Å². The van der Waals surface area contributed by atoms with E-state index in [1.165, 1.54) is 6.33 Å². The first-order valence-corrected chi connectivity index (χ1v) is 14.4. The molecule has 10 heteroatoms. The van der Waals surface area contributed by atoms with Gasteiger partial charge in [-0.1, -0.05) is 48.0 Å². The molecule has 7 rings (SSSR count). The third kappa shape index (κ3) is 4.75. The number of nitrogens with one attached hydrogen (secondary N) is 1. The van der Waals surface area contributed by atoms with Crippen molar-refractivity contribution in [3.8, 4) is 22.4 Å². The van der Waals surface area contributed by atoms with E-state index < -0.39 is 0 Å². The lowest BCUT2D eigenvalue weighted by Gasteiger charge is -2.40. The predicted molar refractivity (Wildman–Crippen MR) is 162 cm³/mol. The van der Waals surface area contributed by atoms with Gasteiger partial charge in [0.15, 0.2) is 0 Å². The van der Waals surface area contributed by atoms with Crippen LogP contribution in [0.25, 0.3) is 33.4 Å². The molecule has 2 aromatic carbocycles. The van der Waals surface area contributed by atoms with Crippen LogP contribution < -0.4 is 5.32 Å². The van der Waals surface area contributed by atoms with Crippen LogP contribution in [0.3, 0.4) is 0 Å². The summed E-state index contributed by atoms with van der Waals surface area (Å²) in [5.74, 6) is 0.00559. The number of piperidine rings is 1. The number of benzene rings is 2. The van der Waals surface area contributed by atoms with Gasteiger partial charge < -0.3 is 19.7 Å². The van der Waals surface area contributed by atoms with E-state index in [-0.39, 0.29) is 24.5 Å². The third-order valence-corrected chi connectivity index (χ3v) is 8.51. The number of carbonyl (C=O) groups is 2. The smallest absolute Gasteiger partial charge is 0.322 e. The van der Waals surface area contributed by atoms with Gasteiger partial charge in [-0.2, -0.15) is 0 Å². The number of carbonyl (C=O) groups excluding carboxylic acids is 2. The lowest BCUT2D eigenvalue weighted by Crippen LogP contribution is -2.51. The Morgan fingerprint density at radius 3 is 2.60 bits per heavy atom. The molecule has 2 aliphatic heterocycles. The van der Waals surface area contributed by atoms with Crippen molar-refractivity contribution >= 4 is 40.3 Å². The van der Waals surface area contributed by atoms with Crippen LogP contribution in [0.4, 0.5) is 10.5 Å². The standard InChI is InChI=1S/C32H28ClN7O2/c33-26-9-3-2-8-24(26)25-18-39(31-29(25)30(35-20-36-31)21-7-5-13-34-16-21)19-28(41)38-14-11-23(12-15-38)40-17-22-6-1-4-10-27(22)37-32(40)42/h1-10,13,16,18,20,23H,11-12,14-15,17,19H2,(H,37,42). The minimum Gasteiger partial charge on any atom is -0.341 e. The minimum absolute atomic E-state index is 0.00559. The summed E-state index contributed by atoms with van der Waals surface area (Å²) in [5.41, 5.74) is 5.93. The maximum absolute atomic E-state index is 13.6. The van der Waals surface area contributed by atoms with Gasteiger partial charge in [0.1, 0.15) is 18.5 Å². The highest BCUT2D eigenvalue weighted by Crippen LogP contribution is 2.38. The van der Waals surface area contributed by atoms with E-state index in [0.717, 1.165) is 51.9 Å². The Bertz CT molecular complexity index is 1800. The fraction of sp³-hybridized carbons (Fsp3) is 0.219. The summed E-state index contributed by atoms with van der Waals surface area (Å²) in [6, 6.07) is 19.4. The van der Waals surface area contributed by atoms with Crippen LogP contribution in [-0.2, 0) is 17.9 Å². The first-order chi connectivity index (χ1) is 20.6. The van der Waals surface area contributed by atoms with Crippen molar-refractivity contribution in [3.05, 3.63) is 96.2 Å². The SMILES string of the molecule is O=C(Cn1cc(-c2ccccc2Cl)c2c(-c3cccnc3)ncnc21)N1CCC(N2Cc3ccccc3NC2=O)CC1. The van der Waals surface area contributed by atoms with Crippen LogP contribution in [0.5, 0.6) is 0 Å². The minimum atomic E-state index is -0.0755. The summed E-state index contributed by atoms with van der Waals surface area (Å²) < 4.78 is 1.89. The summed E-state index contributed by atoms with van der Waals surface area (Å²) >= 11 is 6.64. The normalized spacial score (nSPS) is 15.5. The third-order valence-electron chi connectivity index (χ3n) is 8.18. The van der Waals surface area contributed by atoms with Crippen LogP contribution >= 0.6 is 11.6 Å². The number of likely N-dealkylation sites (tertiary alicyclic amines) is 1. The van der Waals surface area contributed by atoms with Gasteiger partial charge in [-0.25, -0.2) is 14.8 Å². The molecule has 0 radical (unpaired) electrons. The zero-order valence-corrected chi connectivity index (χ0v) is 23.5. The van der Waals surface area contributed by atoms with Crippen LogP contribution in [0, 0.1) is 0 Å². The second-order valence-electron chi connectivity index (χ2n) is 10.6. The summed E-state index contributed by atoms with van der Waals surface area (Å²) in [6.07, 6.45) is 8.42. The van der Waals surface area contributed by atoms with Gasteiger partial charge in [-0.3, -0.25) is 9.78 Å². The monoisotopic (exact) mass is 577 g/mol. The zero-order valence-electron chi connectivity index (χ0n) is 22.8. The molecule has 3 amide bonds. The number of pyridine rings is 1. The Morgan fingerprint density at radius 2 is 1.79 bits per heavy atom. The average molecular weight is 578 g/mol. The van der Waals surface area contributed by atoms with Gasteiger partial charge in [-0.15, -0.1) is 0 Å². The molecule has 9 nitrogen and oxygen atoms in total. The van der Waals surface area contributed by atoms with E-state index in [9.17, 15) is 9.59 Å². The summed E-state index contributed by atoms with van der Waals surface area (Å²) in [5, 5.41) is 4.43. The van der Waals surface area contributed by atoms with E-state index >= 15 is 0 Å². The number of para-hydroxylation sites is 1. The maximum atomic E-state index is 13.6. The molecule has 1 saturated heterocycles. The van der Waals surface area contributed by atoms with Gasteiger partial charge in [0, 0.05) is 71.7 Å². The van der Waals surface area contributed by atoms with Gasteiger partial charge in [-0.05, 0) is 42.7 Å². The highest BCUT2D eigenvalue weighted by atomic mass is 35.5. The van der Waals surface area contributed by atoms with Crippen molar-refractivity contribution in [1.82, 2.24) is 29.3 Å². The van der Waals surface area contributed by atoms with Crippen molar-refractivity contribution in [2.24, 2.45) is 0 Å². The molecule has 0 saturated carbocycles. The van der Waals surface area contributed by atoms with E-state index in [0.29, 0.717) is 30.3 Å². The molecule has 0 bridgehead atoms. The maximum Gasteiger partial charge on any atom is 0.322 e. The lowest BCUT2D eigenvalue weighted by atomic mass is 10.0. The number of nitrogens with zero attached hydrogens (tertiary/aromatic N) is 6. The highest BCUT2D eigenvalue weighted by Gasteiger charge is 2.33. The molecule has 42 heavy (non-hydrogen) atoms. The highest BCUT2D eigenvalue weighted by molar-refractivity contribution is 6.33. The second-order valence-corrected chi connectivity index (χ2v) is 11.0. The summed E-state index contributed by atoms with van der Waals surface area (Å²) in [7, 11) is 0. The van der Waals surface area contributed by atoms with Crippen molar-refractivity contribution in [1.29, 1.82) is 0 Å². The van der Waals surface area contributed by atoms with Crippen molar-refractivity contribution in [3.63, 3.8) is 0 Å². The fourth-order valence-electron chi connectivity index (χ4n) is 6.04. The number of urea groups is 1. The molecule has 210 valence electrons. The van der Waals surface area contributed by atoms with Crippen LogP contribution in [0.2, 0.25) is 5.02 Å². The van der Waals surface area contributed by atoms with Crippen LogP contribution in [-0.4, -0.2) is 60.4 Å². The molecule has 1 fully saturated rings. The van der Waals surface area contributed by atoms with Crippen molar-refractivity contribution in [2.75, 3.05) is 18.4 Å². The van der Waals surface area contributed by atoms with Gasteiger partial charge in [0.25, 0.3) is 0 Å². The number of hydrogen-bond acceptors (Lipinski definition) is 5. The van der Waals surface area contributed by atoms with E-state index in [1.807, 2.05) is 81.2 Å². The number of rotatable bonds is 5. The molecule has 0 aliphatic carbocycles. The fourth-order valence-corrected chi connectivity index (χ4v) is 6.28. The molecule has 0 unspecified atom stereocenters. The quantitative estimate of drug-likeness (QED) is 0.282. The summed E-state index contributed by atoms with van der Waals surface area (Å²) in [6.45, 7) is 1.88. The van der Waals surface area contributed by atoms with E-state index in [1.54, 1.807) is 12.4 Å². The largest absolute Gasteiger partial charge is 0.341 e. The Morgan fingerprint density at radius 1 is 0.976 bits per heavy atom. The van der Waals surface area contributed by atoms with Crippen LogP contribution in [0.15, 0.2) is 85.6 Å². The topological polar surface area (TPSA) is 96.2 Å². The number of fused-ring (bicyclic) bond motifs is 2. The first-order valence-electron chi connectivity index (χ1n) is 14.0. The molecular formula is C32H28ClN7O2. The van der Waals surface area contributed by atoms with E-state index in [2.05, 4.69) is 20.3 Å². The van der Waals surface area contributed by atoms with Gasteiger partial charge in [0.2, 0.25) is 5.91 Å².